The van der Waals surface area contributed by atoms with E-state index in [2.05, 4.69) is 4.98 Å². The third-order valence-corrected chi connectivity index (χ3v) is 1.81. The predicted octanol–water partition coefficient (Wildman–Crippen LogP) is 0.461. The molecule has 0 aliphatic heterocycles. The first-order chi connectivity index (χ1) is 7.52. The summed E-state index contributed by atoms with van der Waals surface area (Å²) in [4.78, 5) is 24.1. The standard InChI is InChI=1S/C9H10N4O3/c10-8(14)3-1-2-6-4-12-5-7(9(6)11)13(15)16/h1-2,4-5H,3H2,(H2,10,14)(H2,11,12). The van der Waals surface area contributed by atoms with E-state index in [4.69, 9.17) is 11.5 Å². The number of carbonyl (C=O) groups excluding carboxylic acids is 1. The summed E-state index contributed by atoms with van der Waals surface area (Å²) < 4.78 is 0. The van der Waals surface area contributed by atoms with E-state index >= 15 is 0 Å². The van der Waals surface area contributed by atoms with Crippen LogP contribution in [0.25, 0.3) is 6.08 Å². The second-order valence-corrected chi connectivity index (χ2v) is 2.99. The van der Waals surface area contributed by atoms with Crippen molar-refractivity contribution in [2.24, 2.45) is 5.73 Å². The minimum atomic E-state index is -0.617. The molecule has 0 aliphatic rings. The van der Waals surface area contributed by atoms with Gasteiger partial charge in [0, 0.05) is 18.2 Å². The van der Waals surface area contributed by atoms with Crippen molar-refractivity contribution in [3.05, 3.63) is 34.1 Å². The van der Waals surface area contributed by atoms with Gasteiger partial charge in [-0.05, 0) is 0 Å². The van der Waals surface area contributed by atoms with E-state index in [0.29, 0.717) is 5.56 Å². The van der Waals surface area contributed by atoms with Crippen LogP contribution in [-0.2, 0) is 4.79 Å². The Morgan fingerprint density at radius 2 is 2.25 bits per heavy atom. The Labute approximate surface area is 90.9 Å². The molecule has 0 spiro atoms. The molecule has 7 heteroatoms. The highest BCUT2D eigenvalue weighted by Crippen LogP contribution is 2.24. The number of pyridine rings is 1. The Bertz CT molecular complexity index is 456. The Balaban J connectivity index is 2.97. The third-order valence-electron chi connectivity index (χ3n) is 1.81. The summed E-state index contributed by atoms with van der Waals surface area (Å²) in [7, 11) is 0. The SMILES string of the molecule is NC(=O)CC=Cc1cncc([N+](=O)[O-])c1N. The van der Waals surface area contributed by atoms with E-state index in [9.17, 15) is 14.9 Å². The van der Waals surface area contributed by atoms with E-state index in [1.54, 1.807) is 0 Å². The monoisotopic (exact) mass is 222 g/mol. The molecule has 1 amide bonds. The van der Waals surface area contributed by atoms with Gasteiger partial charge in [0.2, 0.25) is 5.91 Å². The summed E-state index contributed by atoms with van der Waals surface area (Å²) in [5.41, 5.74) is 10.6. The van der Waals surface area contributed by atoms with Gasteiger partial charge in [0.1, 0.15) is 11.9 Å². The number of nitrogens with zero attached hydrogens (tertiary/aromatic N) is 2. The summed E-state index contributed by atoms with van der Waals surface area (Å²) >= 11 is 0. The van der Waals surface area contributed by atoms with Crippen LogP contribution in [0, 0.1) is 10.1 Å². The van der Waals surface area contributed by atoms with E-state index in [0.717, 1.165) is 6.20 Å². The number of primary amides is 1. The van der Waals surface area contributed by atoms with Crippen LogP contribution < -0.4 is 11.5 Å². The number of aromatic nitrogens is 1. The second kappa shape index (κ2) is 4.87. The molecule has 0 fully saturated rings. The van der Waals surface area contributed by atoms with Crippen molar-refractivity contribution in [1.29, 1.82) is 0 Å². The lowest BCUT2D eigenvalue weighted by Crippen LogP contribution is -2.08. The second-order valence-electron chi connectivity index (χ2n) is 2.99. The van der Waals surface area contributed by atoms with E-state index < -0.39 is 10.8 Å². The molecule has 0 aliphatic carbocycles. The zero-order valence-electron chi connectivity index (χ0n) is 8.29. The molecular weight excluding hydrogens is 212 g/mol. The maximum absolute atomic E-state index is 10.5. The third kappa shape index (κ3) is 2.77. The fourth-order valence-electron chi connectivity index (χ4n) is 1.06. The minimum Gasteiger partial charge on any atom is -0.393 e. The highest BCUT2D eigenvalue weighted by atomic mass is 16.6. The first-order valence-corrected chi connectivity index (χ1v) is 4.35. The van der Waals surface area contributed by atoms with Gasteiger partial charge in [-0.3, -0.25) is 19.9 Å². The van der Waals surface area contributed by atoms with Gasteiger partial charge in [0.25, 0.3) is 0 Å². The van der Waals surface area contributed by atoms with Gasteiger partial charge < -0.3 is 11.5 Å². The predicted molar refractivity (Wildman–Crippen MR) is 58.1 cm³/mol. The summed E-state index contributed by atoms with van der Waals surface area (Å²) in [6.45, 7) is 0. The first kappa shape index (κ1) is 11.6. The van der Waals surface area contributed by atoms with Crippen molar-refractivity contribution >= 4 is 23.4 Å². The number of nitrogens with two attached hydrogens (primary N) is 2. The number of nitro groups is 1. The summed E-state index contributed by atoms with van der Waals surface area (Å²) in [5.74, 6) is -0.492. The number of hydrogen-bond acceptors (Lipinski definition) is 5. The average molecular weight is 222 g/mol. The van der Waals surface area contributed by atoms with Gasteiger partial charge in [-0.2, -0.15) is 0 Å². The summed E-state index contributed by atoms with van der Waals surface area (Å²) in [5, 5.41) is 10.5. The zero-order chi connectivity index (χ0) is 12.1. The van der Waals surface area contributed by atoms with Gasteiger partial charge in [0.05, 0.1) is 4.92 Å². The Morgan fingerprint density at radius 3 is 2.81 bits per heavy atom. The minimum absolute atomic E-state index is 0.0146. The van der Waals surface area contributed by atoms with E-state index in [-0.39, 0.29) is 17.8 Å². The molecule has 1 rings (SSSR count). The molecule has 1 heterocycles. The number of anilines is 1. The molecule has 0 saturated carbocycles. The molecule has 0 saturated heterocycles. The van der Waals surface area contributed by atoms with Crippen LogP contribution in [0.1, 0.15) is 12.0 Å². The number of amides is 1. The van der Waals surface area contributed by atoms with E-state index in [1.165, 1.54) is 18.3 Å². The fraction of sp³-hybridized carbons (Fsp3) is 0.111. The molecule has 4 N–H and O–H groups in total. The number of carbonyl (C=O) groups is 1. The van der Waals surface area contributed by atoms with Gasteiger partial charge >= 0.3 is 5.69 Å². The van der Waals surface area contributed by atoms with Crippen LogP contribution in [0.4, 0.5) is 11.4 Å². The molecular formula is C9H10N4O3. The highest BCUT2D eigenvalue weighted by molar-refractivity contribution is 5.78. The van der Waals surface area contributed by atoms with Crippen molar-refractivity contribution in [3.8, 4) is 0 Å². The smallest absolute Gasteiger partial charge is 0.310 e. The number of rotatable bonds is 4. The van der Waals surface area contributed by atoms with Crippen LogP contribution in [0.5, 0.6) is 0 Å². The van der Waals surface area contributed by atoms with Crippen molar-refractivity contribution in [3.63, 3.8) is 0 Å². The van der Waals surface area contributed by atoms with Crippen molar-refractivity contribution in [2.75, 3.05) is 5.73 Å². The van der Waals surface area contributed by atoms with Crippen LogP contribution in [0.15, 0.2) is 18.5 Å². The lowest BCUT2D eigenvalue weighted by atomic mass is 10.2. The average Bonchev–Trinajstić information content (AvgIpc) is 2.19. The lowest BCUT2D eigenvalue weighted by molar-refractivity contribution is -0.384. The molecule has 1 aromatic rings. The molecule has 0 bridgehead atoms. The molecule has 1 aromatic heterocycles. The summed E-state index contributed by atoms with van der Waals surface area (Å²) in [6.07, 6.45) is 5.43. The lowest BCUT2D eigenvalue weighted by Gasteiger charge is -1.99. The molecule has 0 unspecified atom stereocenters. The zero-order valence-corrected chi connectivity index (χ0v) is 8.29. The van der Waals surface area contributed by atoms with Gasteiger partial charge in [-0.25, -0.2) is 0 Å². The molecule has 16 heavy (non-hydrogen) atoms. The normalized spacial score (nSPS) is 10.5. The topological polar surface area (TPSA) is 125 Å². The molecule has 7 nitrogen and oxygen atoms in total. The maximum Gasteiger partial charge on any atom is 0.310 e. The van der Waals surface area contributed by atoms with Crippen LogP contribution in [-0.4, -0.2) is 15.8 Å². The Kier molecular flexibility index (Phi) is 3.54. The largest absolute Gasteiger partial charge is 0.393 e. The number of hydrogen-bond donors (Lipinski definition) is 2. The molecule has 0 atom stereocenters. The number of nitrogen functional groups attached to an aromatic ring is 1. The molecule has 0 aromatic carbocycles. The van der Waals surface area contributed by atoms with Crippen molar-refractivity contribution in [2.45, 2.75) is 6.42 Å². The summed E-state index contributed by atoms with van der Waals surface area (Å²) in [6, 6.07) is 0. The Morgan fingerprint density at radius 1 is 1.56 bits per heavy atom. The highest BCUT2D eigenvalue weighted by Gasteiger charge is 2.13. The van der Waals surface area contributed by atoms with Crippen molar-refractivity contribution < 1.29 is 9.72 Å². The van der Waals surface area contributed by atoms with Crippen LogP contribution in [0.2, 0.25) is 0 Å². The van der Waals surface area contributed by atoms with Crippen molar-refractivity contribution in [1.82, 2.24) is 4.98 Å². The quantitative estimate of drug-likeness (QED) is 0.565. The van der Waals surface area contributed by atoms with E-state index in [1.807, 2.05) is 0 Å². The van der Waals surface area contributed by atoms with Gasteiger partial charge in [0.15, 0.2) is 0 Å². The van der Waals surface area contributed by atoms with Gasteiger partial charge in [-0.1, -0.05) is 12.2 Å². The van der Waals surface area contributed by atoms with Crippen LogP contribution >= 0.6 is 0 Å². The van der Waals surface area contributed by atoms with Gasteiger partial charge in [-0.15, -0.1) is 0 Å². The molecule has 0 radical (unpaired) electrons. The first-order valence-electron chi connectivity index (χ1n) is 4.35. The van der Waals surface area contributed by atoms with Crippen LogP contribution in [0.3, 0.4) is 0 Å². The fourth-order valence-corrected chi connectivity index (χ4v) is 1.06. The molecule has 84 valence electrons. The Hall–Kier alpha value is -2.44. The maximum atomic E-state index is 10.5.